The van der Waals surface area contributed by atoms with Crippen LogP contribution in [0, 0.1) is 13.8 Å². The average Bonchev–Trinajstić information content (AvgIpc) is 3.02. The Morgan fingerprint density at radius 1 is 1.21 bits per heavy atom. The molecule has 146 valence electrons. The highest BCUT2D eigenvalue weighted by atomic mass is 16.1. The van der Waals surface area contributed by atoms with Crippen molar-refractivity contribution in [2.45, 2.75) is 46.5 Å². The van der Waals surface area contributed by atoms with Crippen LogP contribution in [0.15, 0.2) is 41.2 Å². The summed E-state index contributed by atoms with van der Waals surface area (Å²) >= 11 is 0. The maximum atomic E-state index is 12.4. The molecule has 2 heterocycles. The number of aromatic nitrogens is 4. The van der Waals surface area contributed by atoms with Gasteiger partial charge >= 0.3 is 0 Å². The van der Waals surface area contributed by atoms with Crippen LogP contribution in [0.1, 0.15) is 42.3 Å². The number of H-pyrrole nitrogens is 1. The molecular weight excluding hydrogens is 354 g/mol. The van der Waals surface area contributed by atoms with Gasteiger partial charge < -0.3 is 5.32 Å². The molecule has 0 radical (unpaired) electrons. The van der Waals surface area contributed by atoms with Gasteiger partial charge in [0.2, 0.25) is 11.9 Å². The molecule has 2 N–H and O–H groups in total. The Hall–Kier alpha value is -3.22. The minimum Gasteiger partial charge on any atom is -0.310 e. The highest BCUT2D eigenvalue weighted by Crippen LogP contribution is 2.15. The van der Waals surface area contributed by atoms with Gasteiger partial charge in [-0.2, -0.15) is 9.78 Å². The van der Waals surface area contributed by atoms with Gasteiger partial charge in [0.1, 0.15) is 5.82 Å². The topological polar surface area (TPSA) is 92.7 Å². The van der Waals surface area contributed by atoms with Crippen molar-refractivity contribution in [3.63, 3.8) is 0 Å². The van der Waals surface area contributed by atoms with Gasteiger partial charge in [0.25, 0.3) is 5.56 Å². The summed E-state index contributed by atoms with van der Waals surface area (Å²) in [5.41, 5.74) is 3.07. The Morgan fingerprint density at radius 3 is 2.64 bits per heavy atom. The molecule has 0 aliphatic heterocycles. The van der Waals surface area contributed by atoms with Gasteiger partial charge in [-0.25, -0.2) is 4.98 Å². The van der Waals surface area contributed by atoms with Crippen molar-refractivity contribution in [1.29, 1.82) is 0 Å². The highest BCUT2D eigenvalue weighted by Gasteiger charge is 2.14. The Kier molecular flexibility index (Phi) is 6.03. The van der Waals surface area contributed by atoms with E-state index in [9.17, 15) is 9.59 Å². The van der Waals surface area contributed by atoms with E-state index in [4.69, 9.17) is 0 Å². The Morgan fingerprint density at radius 2 is 1.96 bits per heavy atom. The van der Waals surface area contributed by atoms with Crippen molar-refractivity contribution >= 4 is 11.7 Å². The lowest BCUT2D eigenvalue weighted by molar-refractivity contribution is -0.116. The number of nitrogens with zero attached hydrogens (tertiary/aromatic N) is 3. The molecule has 2 aromatic heterocycles. The molecular formula is C21H25N5O2. The van der Waals surface area contributed by atoms with E-state index in [1.54, 1.807) is 13.0 Å². The molecule has 0 fully saturated rings. The van der Waals surface area contributed by atoms with Crippen molar-refractivity contribution in [3.8, 4) is 5.95 Å². The van der Waals surface area contributed by atoms with Gasteiger partial charge in [-0.15, -0.1) is 0 Å². The SMILES string of the molecule is CCc1c(C)nc(-n2nc(C)cc2NC(=O)CCCc2ccccc2)[nH]c1=O. The number of hydrogen-bond donors (Lipinski definition) is 2. The first-order chi connectivity index (χ1) is 13.5. The van der Waals surface area contributed by atoms with Crippen molar-refractivity contribution < 1.29 is 4.79 Å². The summed E-state index contributed by atoms with van der Waals surface area (Å²) in [5, 5.41) is 7.25. The van der Waals surface area contributed by atoms with Crippen molar-refractivity contribution in [2.75, 3.05) is 5.32 Å². The Labute approximate surface area is 163 Å². The zero-order valence-electron chi connectivity index (χ0n) is 16.5. The van der Waals surface area contributed by atoms with Gasteiger partial charge in [-0.3, -0.25) is 14.6 Å². The first kappa shape index (κ1) is 19.5. The third-order valence-corrected chi connectivity index (χ3v) is 4.58. The molecule has 1 amide bonds. The van der Waals surface area contributed by atoms with Crippen LogP contribution in [-0.4, -0.2) is 25.7 Å². The van der Waals surface area contributed by atoms with E-state index in [0.717, 1.165) is 18.5 Å². The Bertz CT molecular complexity index is 1020. The third-order valence-electron chi connectivity index (χ3n) is 4.58. The van der Waals surface area contributed by atoms with E-state index in [0.29, 0.717) is 35.9 Å². The lowest BCUT2D eigenvalue weighted by Crippen LogP contribution is -2.21. The standard InChI is InChI=1S/C21H25N5O2/c1-4-17-15(3)22-21(24-20(17)28)26-18(13-14(2)25-26)23-19(27)12-8-11-16-9-6-5-7-10-16/h5-7,9-10,13H,4,8,11-12H2,1-3H3,(H,23,27)(H,22,24,28). The van der Waals surface area contributed by atoms with Crippen LogP contribution in [0.3, 0.4) is 0 Å². The summed E-state index contributed by atoms with van der Waals surface area (Å²) in [6.07, 6.45) is 2.61. The monoisotopic (exact) mass is 379 g/mol. The van der Waals surface area contributed by atoms with E-state index in [-0.39, 0.29) is 11.5 Å². The minimum absolute atomic E-state index is 0.0960. The summed E-state index contributed by atoms with van der Waals surface area (Å²) in [7, 11) is 0. The number of aryl methyl sites for hydroxylation is 3. The smallest absolute Gasteiger partial charge is 0.255 e. The lowest BCUT2D eigenvalue weighted by Gasteiger charge is -2.10. The van der Waals surface area contributed by atoms with E-state index >= 15 is 0 Å². The van der Waals surface area contributed by atoms with Crippen LogP contribution in [0.5, 0.6) is 0 Å². The first-order valence-electron chi connectivity index (χ1n) is 9.48. The van der Waals surface area contributed by atoms with Crippen LogP contribution in [0.2, 0.25) is 0 Å². The zero-order chi connectivity index (χ0) is 20.1. The predicted molar refractivity (Wildman–Crippen MR) is 109 cm³/mol. The van der Waals surface area contributed by atoms with E-state index < -0.39 is 0 Å². The molecule has 1 aromatic carbocycles. The van der Waals surface area contributed by atoms with Crippen LogP contribution in [0.25, 0.3) is 5.95 Å². The second-order valence-electron chi connectivity index (χ2n) is 6.78. The Balaban J connectivity index is 1.72. The average molecular weight is 379 g/mol. The molecule has 7 heteroatoms. The largest absolute Gasteiger partial charge is 0.310 e. The van der Waals surface area contributed by atoms with E-state index in [1.165, 1.54) is 10.2 Å². The fourth-order valence-corrected chi connectivity index (χ4v) is 3.17. The summed E-state index contributed by atoms with van der Waals surface area (Å²) in [4.78, 5) is 31.9. The number of benzene rings is 1. The van der Waals surface area contributed by atoms with Gasteiger partial charge in [0.05, 0.1) is 5.69 Å². The summed E-state index contributed by atoms with van der Waals surface area (Å²) in [5.74, 6) is 0.697. The molecule has 28 heavy (non-hydrogen) atoms. The maximum absolute atomic E-state index is 12.4. The molecule has 0 saturated heterocycles. The van der Waals surface area contributed by atoms with E-state index in [1.807, 2.05) is 32.0 Å². The second-order valence-corrected chi connectivity index (χ2v) is 6.78. The molecule has 3 aromatic rings. The first-order valence-corrected chi connectivity index (χ1v) is 9.48. The maximum Gasteiger partial charge on any atom is 0.255 e. The fourth-order valence-electron chi connectivity index (χ4n) is 3.17. The number of carbonyl (C=O) groups is 1. The van der Waals surface area contributed by atoms with Crippen molar-refractivity contribution in [3.05, 3.63) is 69.3 Å². The number of carbonyl (C=O) groups excluding carboxylic acids is 1. The summed E-state index contributed by atoms with van der Waals surface area (Å²) in [6, 6.07) is 11.8. The molecule has 3 rings (SSSR count). The molecule has 0 unspecified atom stereocenters. The third kappa shape index (κ3) is 4.54. The minimum atomic E-state index is -0.182. The van der Waals surface area contributed by atoms with Crippen LogP contribution in [0.4, 0.5) is 5.82 Å². The number of amides is 1. The van der Waals surface area contributed by atoms with Crippen LogP contribution < -0.4 is 10.9 Å². The molecule has 0 bridgehead atoms. The predicted octanol–water partition coefficient (Wildman–Crippen LogP) is 3.10. The van der Waals surface area contributed by atoms with Gasteiger partial charge in [-0.05, 0) is 38.7 Å². The molecule has 0 atom stereocenters. The number of aromatic amines is 1. The number of rotatable bonds is 7. The summed E-state index contributed by atoms with van der Waals surface area (Å²) in [6.45, 7) is 5.54. The highest BCUT2D eigenvalue weighted by molar-refractivity contribution is 5.90. The molecule has 0 saturated carbocycles. The quantitative estimate of drug-likeness (QED) is 0.660. The summed E-state index contributed by atoms with van der Waals surface area (Å²) < 4.78 is 1.47. The molecule has 0 spiro atoms. The van der Waals surface area contributed by atoms with Crippen LogP contribution in [-0.2, 0) is 17.6 Å². The van der Waals surface area contributed by atoms with Gasteiger partial charge in [0.15, 0.2) is 0 Å². The van der Waals surface area contributed by atoms with Crippen molar-refractivity contribution in [2.24, 2.45) is 0 Å². The van der Waals surface area contributed by atoms with Gasteiger partial charge in [0, 0.05) is 23.7 Å². The zero-order valence-corrected chi connectivity index (χ0v) is 16.5. The molecule has 0 aliphatic carbocycles. The molecule has 0 aliphatic rings. The number of hydrogen-bond acceptors (Lipinski definition) is 4. The lowest BCUT2D eigenvalue weighted by atomic mass is 10.1. The molecule has 7 nitrogen and oxygen atoms in total. The van der Waals surface area contributed by atoms with Gasteiger partial charge in [-0.1, -0.05) is 37.3 Å². The number of anilines is 1. The van der Waals surface area contributed by atoms with Crippen LogP contribution >= 0.6 is 0 Å². The van der Waals surface area contributed by atoms with E-state index in [2.05, 4.69) is 32.5 Å². The second kappa shape index (κ2) is 8.65. The number of nitrogens with one attached hydrogen (secondary N) is 2. The fraction of sp³-hybridized carbons (Fsp3) is 0.333. The van der Waals surface area contributed by atoms with Crippen molar-refractivity contribution in [1.82, 2.24) is 19.7 Å². The normalized spacial score (nSPS) is 10.8.